The van der Waals surface area contributed by atoms with Gasteiger partial charge in [0.1, 0.15) is 6.67 Å². The number of aliphatic imine (C=N–C) groups is 2. The molecule has 0 aliphatic carbocycles. The maximum Gasteiger partial charge on any atom is 0.128 e. The van der Waals surface area contributed by atoms with E-state index in [-0.39, 0.29) is 5.41 Å². The molecule has 0 radical (unpaired) electrons. The third-order valence-corrected chi connectivity index (χ3v) is 1.70. The van der Waals surface area contributed by atoms with Crippen LogP contribution in [0.15, 0.2) is 9.98 Å². The van der Waals surface area contributed by atoms with Crippen molar-refractivity contribution in [1.29, 1.82) is 0 Å². The molecule has 0 unspecified atom stereocenters. The number of hydrogen-bond acceptors (Lipinski definition) is 2. The van der Waals surface area contributed by atoms with Gasteiger partial charge in [0.25, 0.3) is 0 Å². The largest absolute Gasteiger partial charge is 0.273 e. The lowest BCUT2D eigenvalue weighted by atomic mass is 9.82. The van der Waals surface area contributed by atoms with Crippen LogP contribution in [0.1, 0.15) is 20.8 Å². The molecular formula is C8H14N2. The van der Waals surface area contributed by atoms with E-state index in [1.165, 1.54) is 0 Å². The van der Waals surface area contributed by atoms with Gasteiger partial charge in [0, 0.05) is 18.3 Å². The number of nitrogens with zero attached hydrogens (tertiary/aromatic N) is 2. The van der Waals surface area contributed by atoms with Crippen LogP contribution < -0.4 is 0 Å². The topological polar surface area (TPSA) is 24.7 Å². The highest BCUT2D eigenvalue weighted by molar-refractivity contribution is 5.85. The first-order chi connectivity index (χ1) is 4.61. The van der Waals surface area contributed by atoms with Gasteiger partial charge in [-0.2, -0.15) is 0 Å². The highest BCUT2D eigenvalue weighted by Gasteiger charge is 2.21. The third-order valence-electron chi connectivity index (χ3n) is 1.70. The molecule has 0 saturated heterocycles. The van der Waals surface area contributed by atoms with Gasteiger partial charge in [-0.3, -0.25) is 9.98 Å². The lowest BCUT2D eigenvalue weighted by Gasteiger charge is -2.24. The van der Waals surface area contributed by atoms with Crippen LogP contribution in [-0.2, 0) is 0 Å². The second-order valence-corrected chi connectivity index (χ2v) is 3.70. The van der Waals surface area contributed by atoms with Crippen LogP contribution in [-0.4, -0.2) is 19.1 Å². The molecule has 1 aliphatic rings. The van der Waals surface area contributed by atoms with Gasteiger partial charge in [-0.05, 0) is 5.41 Å². The summed E-state index contributed by atoms with van der Waals surface area (Å²) in [5.74, 6) is 0.418. The van der Waals surface area contributed by atoms with Crippen molar-refractivity contribution >= 4 is 12.4 Å². The zero-order valence-corrected chi connectivity index (χ0v) is 6.83. The Labute approximate surface area is 62.1 Å². The van der Waals surface area contributed by atoms with Gasteiger partial charge in [-0.25, -0.2) is 0 Å². The first-order valence-corrected chi connectivity index (χ1v) is 3.60. The molecule has 0 atom stereocenters. The zero-order valence-electron chi connectivity index (χ0n) is 6.83. The van der Waals surface area contributed by atoms with Crippen molar-refractivity contribution in [3.63, 3.8) is 0 Å². The molecule has 0 fully saturated rings. The number of rotatable bonds is 0. The Morgan fingerprint density at radius 2 is 1.70 bits per heavy atom. The summed E-state index contributed by atoms with van der Waals surface area (Å²) in [7, 11) is 0. The molecule has 0 amide bonds. The highest BCUT2D eigenvalue weighted by atomic mass is 14.9. The molecule has 2 heteroatoms. The van der Waals surface area contributed by atoms with E-state index >= 15 is 0 Å². The molecule has 2 nitrogen and oxygen atoms in total. The molecular weight excluding hydrogens is 124 g/mol. The molecule has 0 aromatic carbocycles. The normalized spacial score (nSPS) is 19.9. The summed E-state index contributed by atoms with van der Waals surface area (Å²) in [6.45, 7) is 7.20. The van der Waals surface area contributed by atoms with Gasteiger partial charge >= 0.3 is 0 Å². The van der Waals surface area contributed by atoms with Crippen molar-refractivity contribution in [2.75, 3.05) is 6.67 Å². The van der Waals surface area contributed by atoms with Crippen LogP contribution in [0.25, 0.3) is 0 Å². The van der Waals surface area contributed by atoms with E-state index in [4.69, 9.17) is 0 Å². The standard InChI is InChI=1S/C8H14N2/c1-8(2,3)7-4-9-6-10-5-7/h4-5,7H,6H2,1-3H3. The quantitative estimate of drug-likeness (QED) is 0.487. The Balaban J connectivity index is 2.64. The van der Waals surface area contributed by atoms with Crippen LogP contribution in [0.2, 0.25) is 0 Å². The van der Waals surface area contributed by atoms with E-state index < -0.39 is 0 Å². The number of hydrogen-bond donors (Lipinski definition) is 0. The monoisotopic (exact) mass is 138 g/mol. The van der Waals surface area contributed by atoms with Crippen LogP contribution in [0, 0.1) is 11.3 Å². The smallest absolute Gasteiger partial charge is 0.128 e. The summed E-state index contributed by atoms with van der Waals surface area (Å²) in [4.78, 5) is 8.20. The second-order valence-electron chi connectivity index (χ2n) is 3.70. The molecule has 0 spiro atoms. The average Bonchev–Trinajstić information content (AvgIpc) is 1.88. The predicted octanol–water partition coefficient (Wildman–Crippen LogP) is 1.76. The molecule has 0 aromatic rings. The Morgan fingerprint density at radius 3 is 2.00 bits per heavy atom. The third kappa shape index (κ3) is 1.66. The van der Waals surface area contributed by atoms with E-state index in [1.807, 2.05) is 12.4 Å². The van der Waals surface area contributed by atoms with E-state index in [1.54, 1.807) is 0 Å². The second kappa shape index (κ2) is 2.52. The summed E-state index contributed by atoms with van der Waals surface area (Å²) in [6.07, 6.45) is 3.99. The van der Waals surface area contributed by atoms with Crippen molar-refractivity contribution in [3.8, 4) is 0 Å². The molecule has 0 bridgehead atoms. The van der Waals surface area contributed by atoms with Crippen LogP contribution in [0.5, 0.6) is 0 Å². The van der Waals surface area contributed by atoms with Gasteiger partial charge in [0.2, 0.25) is 0 Å². The average molecular weight is 138 g/mol. The first kappa shape index (κ1) is 7.45. The molecule has 0 aromatic heterocycles. The lowest BCUT2D eigenvalue weighted by molar-refractivity contribution is 0.384. The Morgan fingerprint density at radius 1 is 1.20 bits per heavy atom. The SMILES string of the molecule is CC(C)(C)C1C=NCN=C1. The minimum atomic E-state index is 0.271. The fourth-order valence-electron chi connectivity index (χ4n) is 0.854. The molecule has 1 aliphatic heterocycles. The van der Waals surface area contributed by atoms with Gasteiger partial charge in [0.15, 0.2) is 0 Å². The maximum atomic E-state index is 4.10. The summed E-state index contributed by atoms with van der Waals surface area (Å²) >= 11 is 0. The Bertz CT molecular complexity index is 151. The van der Waals surface area contributed by atoms with Gasteiger partial charge in [-0.15, -0.1) is 0 Å². The molecule has 10 heavy (non-hydrogen) atoms. The van der Waals surface area contributed by atoms with Gasteiger partial charge < -0.3 is 0 Å². The van der Waals surface area contributed by atoms with Crippen molar-refractivity contribution in [2.45, 2.75) is 20.8 Å². The minimum Gasteiger partial charge on any atom is -0.273 e. The molecule has 1 rings (SSSR count). The van der Waals surface area contributed by atoms with Gasteiger partial charge in [0.05, 0.1) is 0 Å². The molecule has 1 heterocycles. The van der Waals surface area contributed by atoms with Crippen molar-refractivity contribution in [3.05, 3.63) is 0 Å². The first-order valence-electron chi connectivity index (χ1n) is 3.60. The van der Waals surface area contributed by atoms with E-state index in [0.29, 0.717) is 12.6 Å². The Hall–Kier alpha value is -0.660. The molecule has 0 N–H and O–H groups in total. The zero-order chi connectivity index (χ0) is 7.61. The predicted molar refractivity (Wildman–Crippen MR) is 44.8 cm³/mol. The van der Waals surface area contributed by atoms with Crippen molar-refractivity contribution in [1.82, 2.24) is 0 Å². The fraction of sp³-hybridized carbons (Fsp3) is 0.750. The summed E-state index contributed by atoms with van der Waals surface area (Å²) in [5.41, 5.74) is 0.271. The molecule has 56 valence electrons. The highest BCUT2D eigenvalue weighted by Crippen LogP contribution is 2.23. The lowest BCUT2D eigenvalue weighted by Crippen LogP contribution is -2.24. The van der Waals surface area contributed by atoms with Crippen molar-refractivity contribution < 1.29 is 0 Å². The van der Waals surface area contributed by atoms with E-state index in [9.17, 15) is 0 Å². The summed E-state index contributed by atoms with van der Waals surface area (Å²) < 4.78 is 0. The van der Waals surface area contributed by atoms with E-state index in [0.717, 1.165) is 0 Å². The van der Waals surface area contributed by atoms with Crippen LogP contribution >= 0.6 is 0 Å². The summed E-state index contributed by atoms with van der Waals surface area (Å²) in [6, 6.07) is 0. The minimum absolute atomic E-state index is 0.271. The van der Waals surface area contributed by atoms with E-state index in [2.05, 4.69) is 30.8 Å². The maximum absolute atomic E-state index is 4.10. The van der Waals surface area contributed by atoms with Crippen LogP contribution in [0.3, 0.4) is 0 Å². The fourth-order valence-corrected chi connectivity index (χ4v) is 0.854. The molecule has 0 saturated carbocycles. The Kier molecular flexibility index (Phi) is 1.88. The van der Waals surface area contributed by atoms with Crippen molar-refractivity contribution in [2.24, 2.45) is 21.3 Å². The van der Waals surface area contributed by atoms with Gasteiger partial charge in [-0.1, -0.05) is 20.8 Å². The van der Waals surface area contributed by atoms with Crippen LogP contribution in [0.4, 0.5) is 0 Å². The summed E-state index contributed by atoms with van der Waals surface area (Å²) in [5, 5.41) is 0.